The normalized spacial score (nSPS) is 16.3. The van der Waals surface area contributed by atoms with Crippen LogP contribution < -0.4 is 15.2 Å². The molecule has 0 saturated heterocycles. The highest BCUT2D eigenvalue weighted by molar-refractivity contribution is 6.31. The van der Waals surface area contributed by atoms with Crippen LogP contribution >= 0.6 is 11.6 Å². The lowest BCUT2D eigenvalue weighted by molar-refractivity contribution is 0.174. The van der Waals surface area contributed by atoms with E-state index in [0.717, 1.165) is 11.3 Å². The van der Waals surface area contributed by atoms with Crippen LogP contribution in [0, 0.1) is 5.41 Å². The predicted octanol–water partition coefficient (Wildman–Crippen LogP) is 3.11. The van der Waals surface area contributed by atoms with E-state index < -0.39 is 0 Å². The first kappa shape index (κ1) is 11.6. The Balaban J connectivity index is 2.42. The first-order chi connectivity index (χ1) is 7.39. The quantitative estimate of drug-likeness (QED) is 0.822. The van der Waals surface area contributed by atoms with Crippen LogP contribution in [0.5, 0.6) is 11.5 Å². The number of nitrogens with two attached hydrogens (primary N) is 1. The van der Waals surface area contributed by atoms with E-state index >= 15 is 0 Å². The largest absolute Gasteiger partial charge is 0.454 e. The SMILES string of the molecule is CC(C)(C)[C@H](N)c1cc2c(cc1Cl)OCO2. The van der Waals surface area contributed by atoms with Crippen molar-refractivity contribution in [1.82, 2.24) is 0 Å². The van der Waals surface area contributed by atoms with Crippen LogP contribution in [0.15, 0.2) is 12.1 Å². The molecule has 16 heavy (non-hydrogen) atoms. The van der Waals surface area contributed by atoms with Gasteiger partial charge in [0.1, 0.15) is 0 Å². The highest BCUT2D eigenvalue weighted by Crippen LogP contribution is 2.42. The van der Waals surface area contributed by atoms with Crippen molar-refractivity contribution in [2.75, 3.05) is 6.79 Å². The van der Waals surface area contributed by atoms with Crippen LogP contribution in [0.25, 0.3) is 0 Å². The molecule has 2 rings (SSSR count). The summed E-state index contributed by atoms with van der Waals surface area (Å²) >= 11 is 6.19. The second kappa shape index (κ2) is 3.82. The number of hydrogen-bond acceptors (Lipinski definition) is 3. The molecule has 88 valence electrons. The maximum atomic E-state index is 6.19. The Kier molecular flexibility index (Phi) is 2.76. The molecule has 0 radical (unpaired) electrons. The first-order valence-electron chi connectivity index (χ1n) is 5.24. The Morgan fingerprint density at radius 2 is 1.81 bits per heavy atom. The zero-order valence-electron chi connectivity index (χ0n) is 9.71. The number of halogens is 1. The molecule has 1 aromatic carbocycles. The van der Waals surface area contributed by atoms with Crippen molar-refractivity contribution in [1.29, 1.82) is 0 Å². The fourth-order valence-electron chi connectivity index (χ4n) is 1.64. The van der Waals surface area contributed by atoms with E-state index in [1.165, 1.54) is 0 Å². The van der Waals surface area contributed by atoms with Gasteiger partial charge in [-0.15, -0.1) is 0 Å². The minimum Gasteiger partial charge on any atom is -0.454 e. The van der Waals surface area contributed by atoms with Gasteiger partial charge < -0.3 is 15.2 Å². The highest BCUT2D eigenvalue weighted by Gasteiger charge is 2.27. The molecule has 0 spiro atoms. The Hall–Kier alpha value is -0.930. The summed E-state index contributed by atoms with van der Waals surface area (Å²) in [7, 11) is 0. The van der Waals surface area contributed by atoms with Crippen LogP contribution in [-0.2, 0) is 0 Å². The second-order valence-electron chi connectivity index (χ2n) is 5.07. The lowest BCUT2D eigenvalue weighted by Crippen LogP contribution is -2.26. The average molecular weight is 242 g/mol. The van der Waals surface area contributed by atoms with Crippen molar-refractivity contribution >= 4 is 11.6 Å². The minimum absolute atomic E-state index is 0.0443. The van der Waals surface area contributed by atoms with E-state index in [4.69, 9.17) is 26.8 Å². The number of fused-ring (bicyclic) bond motifs is 1. The number of rotatable bonds is 1. The number of hydrogen-bond donors (Lipinski definition) is 1. The van der Waals surface area contributed by atoms with Gasteiger partial charge in [0.25, 0.3) is 0 Å². The van der Waals surface area contributed by atoms with Gasteiger partial charge in [-0.3, -0.25) is 0 Å². The topological polar surface area (TPSA) is 44.5 Å². The van der Waals surface area contributed by atoms with Crippen molar-refractivity contribution in [3.8, 4) is 11.5 Å². The highest BCUT2D eigenvalue weighted by atomic mass is 35.5. The van der Waals surface area contributed by atoms with Crippen LogP contribution in [0.4, 0.5) is 0 Å². The van der Waals surface area contributed by atoms with Crippen LogP contribution in [0.2, 0.25) is 5.02 Å². The molecule has 0 amide bonds. The molecule has 1 aliphatic rings. The van der Waals surface area contributed by atoms with Gasteiger partial charge in [-0.05, 0) is 17.0 Å². The summed E-state index contributed by atoms with van der Waals surface area (Å²) in [5, 5.41) is 0.631. The molecule has 0 fully saturated rings. The molecule has 0 unspecified atom stereocenters. The second-order valence-corrected chi connectivity index (χ2v) is 5.48. The van der Waals surface area contributed by atoms with Crippen molar-refractivity contribution in [2.45, 2.75) is 26.8 Å². The molecule has 0 aromatic heterocycles. The zero-order valence-corrected chi connectivity index (χ0v) is 10.5. The van der Waals surface area contributed by atoms with E-state index in [0.29, 0.717) is 10.8 Å². The van der Waals surface area contributed by atoms with Gasteiger partial charge in [0, 0.05) is 17.1 Å². The standard InChI is InChI=1S/C12H16ClNO2/c1-12(2,3)11(14)7-4-9-10(5-8(7)13)16-6-15-9/h4-5,11H,6,14H2,1-3H3/t11-/m1/s1. The van der Waals surface area contributed by atoms with Gasteiger partial charge in [0.2, 0.25) is 6.79 Å². The van der Waals surface area contributed by atoms with Gasteiger partial charge in [-0.25, -0.2) is 0 Å². The summed E-state index contributed by atoms with van der Waals surface area (Å²) in [6.07, 6.45) is 0. The monoisotopic (exact) mass is 241 g/mol. The molecule has 2 N–H and O–H groups in total. The van der Waals surface area contributed by atoms with Crippen molar-refractivity contribution in [3.63, 3.8) is 0 Å². The van der Waals surface area contributed by atoms with Gasteiger partial charge >= 0.3 is 0 Å². The van der Waals surface area contributed by atoms with E-state index in [2.05, 4.69) is 20.8 Å². The lowest BCUT2D eigenvalue weighted by Gasteiger charge is -2.28. The lowest BCUT2D eigenvalue weighted by atomic mass is 9.83. The fourth-order valence-corrected chi connectivity index (χ4v) is 1.91. The summed E-state index contributed by atoms with van der Waals surface area (Å²) in [4.78, 5) is 0. The molecule has 3 nitrogen and oxygen atoms in total. The van der Waals surface area contributed by atoms with Gasteiger partial charge in [0.05, 0.1) is 0 Å². The summed E-state index contributed by atoms with van der Waals surface area (Å²) in [6.45, 7) is 6.50. The molecule has 0 bridgehead atoms. The van der Waals surface area contributed by atoms with Gasteiger partial charge in [0.15, 0.2) is 11.5 Å². The van der Waals surface area contributed by atoms with Crippen molar-refractivity contribution < 1.29 is 9.47 Å². The summed E-state index contributed by atoms with van der Waals surface area (Å²) in [5.41, 5.74) is 7.04. The summed E-state index contributed by atoms with van der Waals surface area (Å²) in [5.74, 6) is 1.41. The summed E-state index contributed by atoms with van der Waals surface area (Å²) < 4.78 is 10.6. The molecular weight excluding hydrogens is 226 g/mol. The van der Waals surface area contributed by atoms with Crippen LogP contribution in [-0.4, -0.2) is 6.79 Å². The minimum atomic E-state index is -0.130. The third-order valence-electron chi connectivity index (χ3n) is 2.76. The molecule has 0 saturated carbocycles. The maximum absolute atomic E-state index is 6.19. The molecular formula is C12H16ClNO2. The van der Waals surface area contributed by atoms with E-state index in [9.17, 15) is 0 Å². The average Bonchev–Trinajstić information content (AvgIpc) is 2.60. The Morgan fingerprint density at radius 3 is 2.38 bits per heavy atom. The molecule has 0 aliphatic carbocycles. The predicted molar refractivity (Wildman–Crippen MR) is 64.0 cm³/mol. The molecule has 1 aromatic rings. The fraction of sp³-hybridized carbons (Fsp3) is 0.500. The molecule has 1 atom stereocenters. The van der Waals surface area contributed by atoms with Crippen LogP contribution in [0.3, 0.4) is 0 Å². The van der Waals surface area contributed by atoms with Crippen LogP contribution in [0.1, 0.15) is 32.4 Å². The summed E-state index contributed by atoms with van der Waals surface area (Å²) in [6, 6.07) is 3.51. The zero-order chi connectivity index (χ0) is 11.9. The molecule has 1 heterocycles. The molecule has 4 heteroatoms. The number of ether oxygens (including phenoxy) is 2. The van der Waals surface area contributed by atoms with Gasteiger partial charge in [-0.1, -0.05) is 32.4 Å². The van der Waals surface area contributed by atoms with Gasteiger partial charge in [-0.2, -0.15) is 0 Å². The van der Waals surface area contributed by atoms with E-state index in [1.54, 1.807) is 6.07 Å². The smallest absolute Gasteiger partial charge is 0.231 e. The molecule has 1 aliphatic heterocycles. The van der Waals surface area contributed by atoms with E-state index in [-0.39, 0.29) is 18.2 Å². The first-order valence-corrected chi connectivity index (χ1v) is 5.62. The van der Waals surface area contributed by atoms with Crippen molar-refractivity contribution in [3.05, 3.63) is 22.7 Å². The van der Waals surface area contributed by atoms with E-state index in [1.807, 2.05) is 6.07 Å². The van der Waals surface area contributed by atoms with Crippen molar-refractivity contribution in [2.24, 2.45) is 11.1 Å². The maximum Gasteiger partial charge on any atom is 0.231 e. The Morgan fingerprint density at radius 1 is 1.25 bits per heavy atom. The third-order valence-corrected chi connectivity index (χ3v) is 3.09. The number of benzene rings is 1. The Bertz CT molecular complexity index is 412. The third kappa shape index (κ3) is 1.97. The Labute approximate surface area is 100 Å².